The fourth-order valence-electron chi connectivity index (χ4n) is 4.43. The van der Waals surface area contributed by atoms with Gasteiger partial charge in [-0.15, -0.1) is 0 Å². The Morgan fingerprint density at radius 3 is 2.73 bits per heavy atom. The Labute approximate surface area is 179 Å². The molecule has 2 atom stereocenters. The summed E-state index contributed by atoms with van der Waals surface area (Å²) < 4.78 is 3.08. The lowest BCUT2D eigenvalue weighted by Crippen LogP contribution is -2.50. The van der Waals surface area contributed by atoms with Gasteiger partial charge in [-0.05, 0) is 18.2 Å². The second-order valence-corrected chi connectivity index (χ2v) is 8.42. The van der Waals surface area contributed by atoms with Crippen LogP contribution in [0, 0.1) is 0 Å². The third-order valence-corrected chi connectivity index (χ3v) is 6.83. The summed E-state index contributed by atoms with van der Waals surface area (Å²) in [4.78, 5) is 20.0. The minimum absolute atomic E-state index is 0.0420. The number of nitrogens with zero attached hydrogens (tertiary/aromatic N) is 6. The molecule has 1 fully saturated rings. The zero-order chi connectivity index (χ0) is 20.9. The standard InChI is InChI=1S/C19H16Cl2N8O/c1-27-18(30)13-15(8-3-4-10-12(14(8)20)16(21)28(2)26-10)24-25-17(13)23-19(27)29-7-5-9(22)11(29)6-7/h3-5,9,11H,6,22H2,1-2H3,(H,24,25)/t9-,11-/m1/s1. The SMILES string of the molecule is Cn1nc2ccc(-c3n[nH]c4nc(N5C6=C[C@@H](N)[C@H]5C6)n(C)c(=O)c34)c(Cl)c2c1Cl. The van der Waals surface area contributed by atoms with Crippen molar-refractivity contribution in [2.75, 3.05) is 4.90 Å². The van der Waals surface area contributed by atoms with Crippen LogP contribution in [0.5, 0.6) is 0 Å². The summed E-state index contributed by atoms with van der Waals surface area (Å²) in [6.45, 7) is 0. The number of nitrogens with two attached hydrogens (primary N) is 1. The number of H-pyrrole nitrogens is 1. The number of fused-ring (bicyclic) bond motifs is 3. The average Bonchev–Trinajstić information content (AvgIpc) is 3.43. The van der Waals surface area contributed by atoms with Gasteiger partial charge in [-0.25, -0.2) is 0 Å². The van der Waals surface area contributed by atoms with Gasteiger partial charge in [0.1, 0.15) is 16.2 Å². The Balaban J connectivity index is 1.56. The van der Waals surface area contributed by atoms with Crippen LogP contribution in [0.4, 0.5) is 5.95 Å². The molecule has 3 aliphatic rings. The molecule has 9 nitrogen and oxygen atoms in total. The number of aryl methyl sites for hydroxylation is 1. The van der Waals surface area contributed by atoms with Crippen LogP contribution in [0.2, 0.25) is 10.2 Å². The number of anilines is 1. The van der Waals surface area contributed by atoms with Gasteiger partial charge >= 0.3 is 0 Å². The van der Waals surface area contributed by atoms with Crippen LogP contribution in [-0.2, 0) is 14.1 Å². The number of aromatic amines is 1. The molecule has 7 rings (SSSR count). The second-order valence-electron chi connectivity index (χ2n) is 7.68. The Morgan fingerprint density at radius 2 is 2.03 bits per heavy atom. The third-order valence-electron chi connectivity index (χ3n) is 6.00. The lowest BCUT2D eigenvalue weighted by molar-refractivity contribution is 0.515. The molecule has 30 heavy (non-hydrogen) atoms. The number of hydrogen-bond acceptors (Lipinski definition) is 6. The molecule has 11 heteroatoms. The number of hydrogen-bond donors (Lipinski definition) is 2. The number of rotatable bonds is 2. The maximum absolute atomic E-state index is 13.3. The predicted octanol–water partition coefficient (Wildman–Crippen LogP) is 2.32. The first-order chi connectivity index (χ1) is 14.4. The largest absolute Gasteiger partial charge is 0.323 e. The van der Waals surface area contributed by atoms with E-state index in [1.165, 1.54) is 4.57 Å². The van der Waals surface area contributed by atoms with Gasteiger partial charge in [-0.3, -0.25) is 19.1 Å². The molecule has 0 amide bonds. The van der Waals surface area contributed by atoms with Crippen molar-refractivity contribution in [3.05, 3.63) is 44.4 Å². The van der Waals surface area contributed by atoms with Crippen LogP contribution < -0.4 is 16.2 Å². The molecule has 4 aromatic rings. The number of benzene rings is 1. The van der Waals surface area contributed by atoms with Crippen molar-refractivity contribution < 1.29 is 0 Å². The Hall–Kier alpha value is -2.88. The summed E-state index contributed by atoms with van der Waals surface area (Å²) in [6.07, 6.45) is 2.93. The lowest BCUT2D eigenvalue weighted by atomic mass is 10.0. The fourth-order valence-corrected chi connectivity index (χ4v) is 5.04. The summed E-state index contributed by atoms with van der Waals surface area (Å²) in [5.41, 5.74) is 9.08. The first-order valence-electron chi connectivity index (χ1n) is 9.38. The summed E-state index contributed by atoms with van der Waals surface area (Å²) in [7, 11) is 3.45. The van der Waals surface area contributed by atoms with Gasteiger partial charge in [0.15, 0.2) is 5.65 Å². The molecule has 0 radical (unpaired) electrons. The molecule has 5 heterocycles. The van der Waals surface area contributed by atoms with Gasteiger partial charge in [0.25, 0.3) is 5.56 Å². The van der Waals surface area contributed by atoms with Crippen molar-refractivity contribution in [3.8, 4) is 11.3 Å². The second kappa shape index (κ2) is 5.84. The van der Waals surface area contributed by atoms with Crippen molar-refractivity contribution in [2.45, 2.75) is 18.5 Å². The average molecular weight is 443 g/mol. The van der Waals surface area contributed by atoms with E-state index in [-0.39, 0.29) is 17.6 Å². The van der Waals surface area contributed by atoms with Crippen molar-refractivity contribution in [1.82, 2.24) is 29.5 Å². The van der Waals surface area contributed by atoms with Crippen molar-refractivity contribution in [2.24, 2.45) is 19.8 Å². The van der Waals surface area contributed by atoms with Crippen LogP contribution in [-0.4, -0.2) is 41.6 Å². The Bertz CT molecular complexity index is 1480. The quantitative estimate of drug-likeness (QED) is 0.492. The minimum Gasteiger partial charge on any atom is -0.323 e. The van der Waals surface area contributed by atoms with Gasteiger partial charge < -0.3 is 10.6 Å². The van der Waals surface area contributed by atoms with Crippen molar-refractivity contribution in [3.63, 3.8) is 0 Å². The van der Waals surface area contributed by atoms with E-state index in [0.717, 1.165) is 12.1 Å². The third kappa shape index (κ3) is 2.12. The van der Waals surface area contributed by atoms with Crippen LogP contribution in [0.1, 0.15) is 6.42 Å². The molecule has 1 aromatic carbocycles. The van der Waals surface area contributed by atoms with Crippen molar-refractivity contribution in [1.29, 1.82) is 0 Å². The zero-order valence-electron chi connectivity index (χ0n) is 16.0. The Morgan fingerprint density at radius 1 is 1.23 bits per heavy atom. The maximum Gasteiger partial charge on any atom is 0.266 e. The smallest absolute Gasteiger partial charge is 0.266 e. The van der Waals surface area contributed by atoms with E-state index in [4.69, 9.17) is 28.9 Å². The number of nitrogens with one attached hydrogen (secondary N) is 1. The molecule has 152 valence electrons. The van der Waals surface area contributed by atoms with Gasteiger partial charge in [0, 0.05) is 37.8 Å². The molecule has 0 unspecified atom stereocenters. The summed E-state index contributed by atoms with van der Waals surface area (Å²) in [5.74, 6) is 0.551. The van der Waals surface area contributed by atoms with E-state index >= 15 is 0 Å². The molecule has 0 spiro atoms. The molecule has 2 aliphatic heterocycles. The van der Waals surface area contributed by atoms with Gasteiger partial charge in [0.2, 0.25) is 5.95 Å². The van der Waals surface area contributed by atoms with E-state index in [1.807, 2.05) is 11.0 Å². The lowest BCUT2D eigenvalue weighted by Gasteiger charge is -2.39. The van der Waals surface area contributed by atoms with E-state index in [2.05, 4.69) is 20.3 Å². The van der Waals surface area contributed by atoms with E-state index in [0.29, 0.717) is 49.3 Å². The number of halogens is 2. The molecule has 3 N–H and O–H groups in total. The topological polar surface area (TPSA) is 111 Å². The van der Waals surface area contributed by atoms with E-state index in [1.54, 1.807) is 30.9 Å². The highest BCUT2D eigenvalue weighted by Crippen LogP contribution is 2.42. The molecule has 1 aliphatic carbocycles. The predicted molar refractivity (Wildman–Crippen MR) is 116 cm³/mol. The van der Waals surface area contributed by atoms with Gasteiger partial charge in [0.05, 0.1) is 22.0 Å². The minimum atomic E-state index is -0.215. The molecule has 3 aromatic heterocycles. The highest BCUT2D eigenvalue weighted by Gasteiger charge is 2.45. The zero-order valence-corrected chi connectivity index (χ0v) is 17.5. The monoisotopic (exact) mass is 442 g/mol. The van der Waals surface area contributed by atoms with Crippen LogP contribution in [0.15, 0.2) is 28.7 Å². The molecule has 2 bridgehead atoms. The summed E-state index contributed by atoms with van der Waals surface area (Å²) >= 11 is 13.0. The normalized spacial score (nSPS) is 20.3. The number of aromatic nitrogens is 6. The molecule has 0 saturated carbocycles. The first kappa shape index (κ1) is 17.9. The van der Waals surface area contributed by atoms with E-state index in [9.17, 15) is 4.79 Å². The van der Waals surface area contributed by atoms with E-state index < -0.39 is 0 Å². The van der Waals surface area contributed by atoms with Crippen molar-refractivity contribution >= 4 is 51.1 Å². The summed E-state index contributed by atoms with van der Waals surface area (Å²) in [5, 5.41) is 13.4. The van der Waals surface area contributed by atoms with Gasteiger partial charge in [-0.1, -0.05) is 23.2 Å². The van der Waals surface area contributed by atoms with Gasteiger partial charge in [-0.2, -0.15) is 15.2 Å². The van der Waals surface area contributed by atoms with Crippen LogP contribution in [0.3, 0.4) is 0 Å². The maximum atomic E-state index is 13.3. The van der Waals surface area contributed by atoms with Crippen LogP contribution >= 0.6 is 23.2 Å². The fraction of sp³-hybridized carbons (Fsp3) is 0.263. The Kier molecular flexibility index (Phi) is 3.49. The van der Waals surface area contributed by atoms with Crippen LogP contribution in [0.25, 0.3) is 33.2 Å². The molecular formula is C19H16Cl2N8O. The molecule has 1 saturated heterocycles. The first-order valence-corrected chi connectivity index (χ1v) is 10.1. The highest BCUT2D eigenvalue weighted by atomic mass is 35.5. The summed E-state index contributed by atoms with van der Waals surface area (Å²) in [6, 6.07) is 3.69. The molecular weight excluding hydrogens is 427 g/mol. The highest BCUT2D eigenvalue weighted by molar-refractivity contribution is 6.43.